The minimum Gasteiger partial charge on any atom is -0.508 e. The van der Waals surface area contributed by atoms with Gasteiger partial charge in [-0.3, -0.25) is 0 Å². The highest BCUT2D eigenvalue weighted by atomic mass is 16.3. The van der Waals surface area contributed by atoms with E-state index in [-0.39, 0.29) is 11.7 Å². The number of nitriles is 1. The molecule has 0 spiro atoms. The quantitative estimate of drug-likeness (QED) is 0.758. The third kappa shape index (κ3) is 3.46. The number of aromatic hydroxyl groups is 1. The van der Waals surface area contributed by atoms with Gasteiger partial charge in [-0.15, -0.1) is 0 Å². The van der Waals surface area contributed by atoms with Crippen LogP contribution in [0.25, 0.3) is 0 Å². The number of phenols is 1. The third-order valence-electron chi connectivity index (χ3n) is 1.91. The first-order valence-electron chi connectivity index (χ1n) is 4.60. The van der Waals surface area contributed by atoms with Crippen LogP contribution in [-0.4, -0.2) is 11.7 Å². The molecule has 2 N–H and O–H groups in total. The molecular weight excluding hydrogens is 176 g/mol. The van der Waals surface area contributed by atoms with E-state index in [4.69, 9.17) is 5.26 Å². The van der Waals surface area contributed by atoms with Crippen LogP contribution in [-0.2, 0) is 6.54 Å². The van der Waals surface area contributed by atoms with Crippen molar-refractivity contribution < 1.29 is 5.11 Å². The predicted octanol–water partition coefficient (Wildman–Crippen LogP) is 1.64. The summed E-state index contributed by atoms with van der Waals surface area (Å²) in [6, 6.07) is 9.24. The predicted molar refractivity (Wildman–Crippen MR) is 54.6 cm³/mol. The van der Waals surface area contributed by atoms with E-state index in [2.05, 4.69) is 11.4 Å². The summed E-state index contributed by atoms with van der Waals surface area (Å²) in [5.74, 6) is 0.296. The molecule has 0 heterocycles. The number of rotatable bonds is 4. The molecule has 0 saturated heterocycles. The highest BCUT2D eigenvalue weighted by Gasteiger charge is 1.98. The van der Waals surface area contributed by atoms with E-state index in [0.29, 0.717) is 13.1 Å². The van der Waals surface area contributed by atoms with Gasteiger partial charge < -0.3 is 10.4 Å². The fourth-order valence-electron chi connectivity index (χ4n) is 1.15. The van der Waals surface area contributed by atoms with Crippen LogP contribution in [0.1, 0.15) is 12.5 Å². The Kier molecular flexibility index (Phi) is 3.96. The molecule has 0 saturated carbocycles. The molecule has 0 aliphatic rings. The second kappa shape index (κ2) is 5.25. The van der Waals surface area contributed by atoms with E-state index < -0.39 is 0 Å². The highest BCUT2D eigenvalue weighted by Crippen LogP contribution is 2.10. The number of hydrogen-bond donors (Lipinski definition) is 2. The molecule has 0 bridgehead atoms. The van der Waals surface area contributed by atoms with Gasteiger partial charge in [-0.05, 0) is 24.6 Å². The molecule has 1 aromatic carbocycles. The first-order valence-corrected chi connectivity index (χ1v) is 4.60. The summed E-state index contributed by atoms with van der Waals surface area (Å²) in [7, 11) is 0. The van der Waals surface area contributed by atoms with E-state index >= 15 is 0 Å². The standard InChI is InChI=1S/C11H14N2O/c1-9(6-12)7-13-8-10-3-2-4-11(14)5-10/h2-5,9,13-14H,7-8H2,1H3. The Morgan fingerprint density at radius 3 is 3.00 bits per heavy atom. The molecule has 1 rings (SSSR count). The number of phenolic OH excluding ortho intramolecular Hbond substituents is 1. The van der Waals surface area contributed by atoms with Crippen molar-refractivity contribution in [2.24, 2.45) is 5.92 Å². The van der Waals surface area contributed by atoms with Crippen molar-refractivity contribution in [3.8, 4) is 11.8 Å². The van der Waals surface area contributed by atoms with Crippen LogP contribution in [0.3, 0.4) is 0 Å². The Morgan fingerprint density at radius 2 is 2.36 bits per heavy atom. The van der Waals surface area contributed by atoms with Gasteiger partial charge in [0.15, 0.2) is 0 Å². The van der Waals surface area contributed by atoms with Crippen LogP contribution < -0.4 is 5.32 Å². The second-order valence-corrected chi connectivity index (χ2v) is 3.33. The fraction of sp³-hybridized carbons (Fsp3) is 0.364. The van der Waals surface area contributed by atoms with Gasteiger partial charge in [-0.2, -0.15) is 5.26 Å². The van der Waals surface area contributed by atoms with E-state index in [9.17, 15) is 5.11 Å². The third-order valence-corrected chi connectivity index (χ3v) is 1.91. The fourth-order valence-corrected chi connectivity index (χ4v) is 1.15. The molecule has 3 nitrogen and oxygen atoms in total. The summed E-state index contributed by atoms with van der Waals surface area (Å²) >= 11 is 0. The van der Waals surface area contributed by atoms with Gasteiger partial charge in [-0.1, -0.05) is 12.1 Å². The lowest BCUT2D eigenvalue weighted by molar-refractivity contribution is 0.474. The lowest BCUT2D eigenvalue weighted by Gasteiger charge is -2.05. The van der Waals surface area contributed by atoms with E-state index in [1.165, 1.54) is 0 Å². The zero-order valence-electron chi connectivity index (χ0n) is 8.20. The SMILES string of the molecule is CC(C#N)CNCc1cccc(O)c1. The molecular formula is C11H14N2O. The van der Waals surface area contributed by atoms with Gasteiger partial charge in [0.2, 0.25) is 0 Å². The van der Waals surface area contributed by atoms with Crippen molar-refractivity contribution in [2.45, 2.75) is 13.5 Å². The maximum atomic E-state index is 9.19. The maximum absolute atomic E-state index is 9.19. The Balaban J connectivity index is 2.36. The Labute approximate surface area is 84.0 Å². The zero-order valence-corrected chi connectivity index (χ0v) is 8.20. The Morgan fingerprint density at radius 1 is 1.57 bits per heavy atom. The van der Waals surface area contributed by atoms with Crippen LogP contribution in [0.5, 0.6) is 5.75 Å². The Bertz CT molecular complexity index is 330. The van der Waals surface area contributed by atoms with Crippen molar-refractivity contribution in [3.05, 3.63) is 29.8 Å². The topological polar surface area (TPSA) is 56.0 Å². The monoisotopic (exact) mass is 190 g/mol. The van der Waals surface area contributed by atoms with E-state index in [1.54, 1.807) is 18.2 Å². The van der Waals surface area contributed by atoms with Crippen LogP contribution in [0.2, 0.25) is 0 Å². The molecule has 1 unspecified atom stereocenters. The summed E-state index contributed by atoms with van der Waals surface area (Å²) in [6.07, 6.45) is 0. The minimum atomic E-state index is 0.0207. The van der Waals surface area contributed by atoms with Gasteiger partial charge in [-0.25, -0.2) is 0 Å². The molecule has 1 aromatic rings. The summed E-state index contributed by atoms with van der Waals surface area (Å²) in [4.78, 5) is 0. The van der Waals surface area contributed by atoms with Gasteiger partial charge in [0.05, 0.1) is 12.0 Å². The average Bonchev–Trinajstić information content (AvgIpc) is 2.17. The molecule has 0 fully saturated rings. The van der Waals surface area contributed by atoms with Crippen LogP contribution in [0, 0.1) is 17.2 Å². The smallest absolute Gasteiger partial charge is 0.115 e. The number of nitrogens with one attached hydrogen (secondary N) is 1. The van der Waals surface area contributed by atoms with Crippen LogP contribution >= 0.6 is 0 Å². The number of hydrogen-bond acceptors (Lipinski definition) is 3. The van der Waals surface area contributed by atoms with Crippen molar-refractivity contribution >= 4 is 0 Å². The van der Waals surface area contributed by atoms with Gasteiger partial charge >= 0.3 is 0 Å². The number of benzene rings is 1. The average molecular weight is 190 g/mol. The van der Waals surface area contributed by atoms with Crippen molar-refractivity contribution in [3.63, 3.8) is 0 Å². The van der Waals surface area contributed by atoms with E-state index in [0.717, 1.165) is 5.56 Å². The zero-order chi connectivity index (χ0) is 10.4. The summed E-state index contributed by atoms with van der Waals surface area (Å²) in [5.41, 5.74) is 1.02. The summed E-state index contributed by atoms with van der Waals surface area (Å²) < 4.78 is 0. The van der Waals surface area contributed by atoms with Crippen molar-refractivity contribution in [1.29, 1.82) is 5.26 Å². The van der Waals surface area contributed by atoms with Crippen molar-refractivity contribution in [1.82, 2.24) is 5.32 Å². The molecule has 74 valence electrons. The van der Waals surface area contributed by atoms with E-state index in [1.807, 2.05) is 13.0 Å². The largest absolute Gasteiger partial charge is 0.508 e. The molecule has 0 aliphatic carbocycles. The molecule has 0 aromatic heterocycles. The van der Waals surface area contributed by atoms with Crippen molar-refractivity contribution in [2.75, 3.05) is 6.54 Å². The second-order valence-electron chi connectivity index (χ2n) is 3.33. The molecule has 0 radical (unpaired) electrons. The lowest BCUT2D eigenvalue weighted by Crippen LogP contribution is -2.19. The highest BCUT2D eigenvalue weighted by molar-refractivity contribution is 5.26. The summed E-state index contributed by atoms with van der Waals surface area (Å²) in [6.45, 7) is 3.22. The molecule has 3 heteroatoms. The van der Waals surface area contributed by atoms with Crippen LogP contribution in [0.15, 0.2) is 24.3 Å². The normalized spacial score (nSPS) is 12.0. The lowest BCUT2D eigenvalue weighted by atomic mass is 10.2. The minimum absolute atomic E-state index is 0.0207. The van der Waals surface area contributed by atoms with Gasteiger partial charge in [0, 0.05) is 13.1 Å². The molecule has 14 heavy (non-hydrogen) atoms. The summed E-state index contributed by atoms with van der Waals surface area (Å²) in [5, 5.41) is 20.9. The maximum Gasteiger partial charge on any atom is 0.115 e. The van der Waals surface area contributed by atoms with Gasteiger partial charge in [0.25, 0.3) is 0 Å². The molecule has 0 aliphatic heterocycles. The number of nitrogens with zero attached hydrogens (tertiary/aromatic N) is 1. The van der Waals surface area contributed by atoms with Crippen LogP contribution in [0.4, 0.5) is 0 Å². The molecule has 1 atom stereocenters. The molecule has 0 amide bonds. The van der Waals surface area contributed by atoms with Gasteiger partial charge in [0.1, 0.15) is 5.75 Å². The first-order chi connectivity index (χ1) is 6.72. The first kappa shape index (κ1) is 10.6. The Hall–Kier alpha value is -1.53.